The zero-order valence-corrected chi connectivity index (χ0v) is 13.9. The summed E-state index contributed by atoms with van der Waals surface area (Å²) in [4.78, 5) is 19.7. The second-order valence-electron chi connectivity index (χ2n) is 4.51. The van der Waals surface area contributed by atoms with Crippen molar-refractivity contribution in [2.75, 3.05) is 40.3 Å². The molecule has 0 bridgehead atoms. The molecule has 18 heavy (non-hydrogen) atoms. The van der Waals surface area contributed by atoms with E-state index in [9.17, 15) is 4.79 Å². The maximum absolute atomic E-state index is 11.5. The van der Waals surface area contributed by atoms with Gasteiger partial charge in [-0.05, 0) is 26.2 Å². The van der Waals surface area contributed by atoms with Gasteiger partial charge in [0, 0.05) is 33.7 Å². The van der Waals surface area contributed by atoms with Crippen LogP contribution in [0.5, 0.6) is 0 Å². The molecule has 0 radical (unpaired) electrons. The molecular weight excluding hydrogens is 343 g/mol. The number of nitrogens with zero attached hydrogens (tertiary/aromatic N) is 3. The van der Waals surface area contributed by atoms with Crippen molar-refractivity contribution in [2.24, 2.45) is 4.99 Å². The first-order valence-corrected chi connectivity index (χ1v) is 6.38. The third-order valence-corrected chi connectivity index (χ3v) is 2.85. The maximum Gasteiger partial charge on any atom is 0.243 e. The number of carbonyl (C=O) groups excluding carboxylic acids is 1. The van der Waals surface area contributed by atoms with E-state index in [2.05, 4.69) is 15.2 Å². The van der Waals surface area contributed by atoms with Gasteiger partial charge in [0.15, 0.2) is 5.96 Å². The van der Waals surface area contributed by atoms with Crippen molar-refractivity contribution in [1.29, 1.82) is 0 Å². The molecule has 0 spiro atoms. The fraction of sp³-hybridized carbons (Fsp3) is 0.833. The molecule has 0 aromatic rings. The summed E-state index contributed by atoms with van der Waals surface area (Å²) in [5, 5.41) is 3.25. The van der Waals surface area contributed by atoms with E-state index in [0.29, 0.717) is 0 Å². The van der Waals surface area contributed by atoms with Crippen molar-refractivity contribution in [1.82, 2.24) is 15.1 Å². The summed E-state index contributed by atoms with van der Waals surface area (Å²) in [6.45, 7) is 5.20. The molecule has 1 aliphatic rings. The highest BCUT2D eigenvalue weighted by Gasteiger charge is 2.14. The van der Waals surface area contributed by atoms with Crippen LogP contribution in [-0.4, -0.2) is 61.9 Å². The van der Waals surface area contributed by atoms with E-state index in [4.69, 9.17) is 0 Å². The van der Waals surface area contributed by atoms with Crippen molar-refractivity contribution in [3.05, 3.63) is 0 Å². The fourth-order valence-corrected chi connectivity index (χ4v) is 1.82. The molecule has 1 fully saturated rings. The molecule has 5 nitrogen and oxygen atoms in total. The number of halogens is 1. The first-order valence-electron chi connectivity index (χ1n) is 6.38. The summed E-state index contributed by atoms with van der Waals surface area (Å²) in [6, 6.07) is 0. The minimum atomic E-state index is 0. The molecule has 0 aliphatic carbocycles. The van der Waals surface area contributed by atoms with E-state index in [-0.39, 0.29) is 36.4 Å². The average molecular weight is 368 g/mol. The van der Waals surface area contributed by atoms with Crippen LogP contribution in [0, 0.1) is 0 Å². The highest BCUT2D eigenvalue weighted by molar-refractivity contribution is 14.0. The largest absolute Gasteiger partial charge is 0.357 e. The number of rotatable bonds is 3. The van der Waals surface area contributed by atoms with Crippen molar-refractivity contribution in [3.8, 4) is 0 Å². The van der Waals surface area contributed by atoms with E-state index in [0.717, 1.165) is 25.6 Å². The number of amides is 1. The number of hydrogen-bond acceptors (Lipinski definition) is 2. The maximum atomic E-state index is 11.5. The molecular formula is C12H25IN4O. The minimum Gasteiger partial charge on any atom is -0.357 e. The summed E-state index contributed by atoms with van der Waals surface area (Å²) in [5.74, 6) is 0.916. The predicted octanol–water partition coefficient (Wildman–Crippen LogP) is 1.14. The minimum absolute atomic E-state index is 0. The topological polar surface area (TPSA) is 47.9 Å². The molecule has 0 atom stereocenters. The van der Waals surface area contributed by atoms with Crippen LogP contribution in [0.3, 0.4) is 0 Å². The summed E-state index contributed by atoms with van der Waals surface area (Å²) in [6.07, 6.45) is 3.73. The number of nitrogens with one attached hydrogen (secondary N) is 1. The van der Waals surface area contributed by atoms with Gasteiger partial charge in [0.05, 0.1) is 0 Å². The Morgan fingerprint density at radius 2 is 1.89 bits per heavy atom. The third kappa shape index (κ3) is 5.88. The molecule has 1 aliphatic heterocycles. The van der Waals surface area contributed by atoms with Crippen molar-refractivity contribution in [3.63, 3.8) is 0 Å². The number of carbonyl (C=O) groups is 1. The second kappa shape index (κ2) is 9.41. The molecule has 1 N–H and O–H groups in total. The van der Waals surface area contributed by atoms with E-state index in [1.807, 2.05) is 6.92 Å². The zero-order chi connectivity index (χ0) is 12.7. The quantitative estimate of drug-likeness (QED) is 0.462. The highest BCUT2D eigenvalue weighted by atomic mass is 127. The molecule has 0 aromatic heterocycles. The number of piperidine rings is 1. The van der Waals surface area contributed by atoms with E-state index in [1.54, 1.807) is 19.0 Å². The Hall–Kier alpha value is -0.530. The lowest BCUT2D eigenvalue weighted by atomic mass is 10.1. The molecule has 1 heterocycles. The number of aliphatic imine (C=N–C) groups is 1. The van der Waals surface area contributed by atoms with Gasteiger partial charge in [-0.25, -0.2) is 4.99 Å². The summed E-state index contributed by atoms with van der Waals surface area (Å²) in [7, 11) is 3.51. The van der Waals surface area contributed by atoms with Gasteiger partial charge in [-0.3, -0.25) is 4.79 Å². The van der Waals surface area contributed by atoms with Crippen LogP contribution in [0.1, 0.15) is 26.2 Å². The summed E-state index contributed by atoms with van der Waals surface area (Å²) in [5.41, 5.74) is 0. The Morgan fingerprint density at radius 1 is 1.28 bits per heavy atom. The van der Waals surface area contributed by atoms with Gasteiger partial charge in [0.1, 0.15) is 6.54 Å². The predicted molar refractivity (Wildman–Crippen MR) is 85.5 cm³/mol. The van der Waals surface area contributed by atoms with Crippen molar-refractivity contribution < 1.29 is 4.79 Å². The molecule has 0 unspecified atom stereocenters. The van der Waals surface area contributed by atoms with Crippen LogP contribution < -0.4 is 5.32 Å². The molecule has 1 amide bonds. The average Bonchev–Trinajstić information content (AvgIpc) is 2.35. The molecule has 1 rings (SSSR count). The molecule has 6 heteroatoms. The van der Waals surface area contributed by atoms with Gasteiger partial charge < -0.3 is 15.1 Å². The third-order valence-electron chi connectivity index (χ3n) is 2.85. The number of guanidine groups is 1. The Kier molecular flexibility index (Phi) is 9.13. The lowest BCUT2D eigenvalue weighted by molar-refractivity contribution is -0.127. The Bertz CT molecular complexity index is 275. The first-order chi connectivity index (χ1) is 8.15. The van der Waals surface area contributed by atoms with Crippen LogP contribution in [0.2, 0.25) is 0 Å². The normalized spacial score (nSPS) is 15.9. The number of hydrogen-bond donors (Lipinski definition) is 1. The van der Waals surface area contributed by atoms with Gasteiger partial charge >= 0.3 is 0 Å². The van der Waals surface area contributed by atoms with Gasteiger partial charge in [0.2, 0.25) is 5.91 Å². The standard InChI is InChI=1S/C12H24N4O.HI/c1-4-13-12(14-10-11(17)15(2)3)16-8-6-5-7-9-16;/h4-10H2,1-3H3,(H,13,14);1H. The number of likely N-dealkylation sites (N-methyl/N-ethyl adjacent to an activating group) is 1. The van der Waals surface area contributed by atoms with Crippen molar-refractivity contribution in [2.45, 2.75) is 26.2 Å². The van der Waals surface area contributed by atoms with Crippen LogP contribution in [0.15, 0.2) is 4.99 Å². The van der Waals surface area contributed by atoms with Gasteiger partial charge in [-0.1, -0.05) is 0 Å². The van der Waals surface area contributed by atoms with Gasteiger partial charge in [-0.2, -0.15) is 0 Å². The van der Waals surface area contributed by atoms with E-state index in [1.165, 1.54) is 19.3 Å². The first kappa shape index (κ1) is 17.5. The van der Waals surface area contributed by atoms with Crippen LogP contribution >= 0.6 is 24.0 Å². The fourth-order valence-electron chi connectivity index (χ4n) is 1.82. The lowest BCUT2D eigenvalue weighted by Crippen LogP contribution is -2.44. The molecule has 0 aromatic carbocycles. The van der Waals surface area contributed by atoms with E-state index < -0.39 is 0 Å². The second-order valence-corrected chi connectivity index (χ2v) is 4.51. The summed E-state index contributed by atoms with van der Waals surface area (Å²) >= 11 is 0. The SMILES string of the molecule is CCNC(=NCC(=O)N(C)C)N1CCCCC1.I. The summed E-state index contributed by atoms with van der Waals surface area (Å²) < 4.78 is 0. The molecule has 0 saturated carbocycles. The van der Waals surface area contributed by atoms with Crippen molar-refractivity contribution >= 4 is 35.8 Å². The molecule has 1 saturated heterocycles. The highest BCUT2D eigenvalue weighted by Crippen LogP contribution is 2.08. The number of likely N-dealkylation sites (tertiary alicyclic amines) is 1. The van der Waals surface area contributed by atoms with Crippen LogP contribution in [0.25, 0.3) is 0 Å². The van der Waals surface area contributed by atoms with Crippen LogP contribution in [-0.2, 0) is 4.79 Å². The van der Waals surface area contributed by atoms with Crippen LogP contribution in [0.4, 0.5) is 0 Å². The van der Waals surface area contributed by atoms with Gasteiger partial charge in [-0.15, -0.1) is 24.0 Å². The Balaban J connectivity index is 0.00000289. The Labute approximate surface area is 127 Å². The Morgan fingerprint density at radius 3 is 2.39 bits per heavy atom. The zero-order valence-electron chi connectivity index (χ0n) is 11.6. The molecule has 106 valence electrons. The van der Waals surface area contributed by atoms with Gasteiger partial charge in [0.25, 0.3) is 0 Å². The van der Waals surface area contributed by atoms with E-state index >= 15 is 0 Å². The monoisotopic (exact) mass is 368 g/mol. The smallest absolute Gasteiger partial charge is 0.243 e. The lowest BCUT2D eigenvalue weighted by Gasteiger charge is -2.30.